The van der Waals surface area contributed by atoms with E-state index in [1.807, 2.05) is 70.7 Å². The highest BCUT2D eigenvalue weighted by Crippen LogP contribution is 2.43. The summed E-state index contributed by atoms with van der Waals surface area (Å²) in [6, 6.07) is 7.06. The van der Waals surface area contributed by atoms with Crippen LogP contribution in [0.4, 0.5) is 4.79 Å². The smallest absolute Gasteiger partial charge is 0.453 e. The van der Waals surface area contributed by atoms with Gasteiger partial charge in [-0.1, -0.05) is 44.2 Å². The summed E-state index contributed by atoms with van der Waals surface area (Å²) >= 11 is 0. The van der Waals surface area contributed by atoms with E-state index < -0.39 is 30.5 Å². The maximum absolute atomic E-state index is 13.7. The van der Waals surface area contributed by atoms with E-state index in [0.717, 1.165) is 29.6 Å². The van der Waals surface area contributed by atoms with Crippen molar-refractivity contribution in [3.8, 4) is 11.3 Å². The second-order valence-corrected chi connectivity index (χ2v) is 12.2. The number of benzene rings is 1. The number of imidazole rings is 1. The SMILES string of the molecule is COC(=O)N[C@H](C(=O)N1CC(C2CC2)=C[C@H]1c1ncc(-c2ccc(B3OC(C)(C)C(C)(C)O3)cc2)[nH]1)C(C)C. The number of aromatic amines is 1. The quantitative estimate of drug-likeness (QED) is 0.412. The van der Waals surface area contributed by atoms with Gasteiger partial charge in [0.15, 0.2) is 0 Å². The zero-order chi connectivity index (χ0) is 28.1. The number of hydrogen-bond acceptors (Lipinski definition) is 6. The minimum Gasteiger partial charge on any atom is -0.453 e. The lowest BCUT2D eigenvalue weighted by Crippen LogP contribution is -2.51. The third-order valence-electron chi connectivity index (χ3n) is 8.46. The van der Waals surface area contributed by atoms with Gasteiger partial charge in [-0.25, -0.2) is 9.78 Å². The third kappa shape index (κ3) is 5.36. The van der Waals surface area contributed by atoms with Gasteiger partial charge in [0.1, 0.15) is 17.9 Å². The molecule has 2 aromatic rings. The van der Waals surface area contributed by atoms with E-state index in [1.165, 1.54) is 12.7 Å². The number of rotatable bonds is 7. The van der Waals surface area contributed by atoms with Crippen molar-refractivity contribution in [1.29, 1.82) is 0 Å². The molecule has 1 saturated heterocycles. The molecule has 208 valence electrons. The van der Waals surface area contributed by atoms with Gasteiger partial charge >= 0.3 is 13.2 Å². The molecule has 3 heterocycles. The average Bonchev–Trinajstić information content (AvgIpc) is 3.36. The number of methoxy groups -OCH3 is 1. The van der Waals surface area contributed by atoms with E-state index in [0.29, 0.717) is 18.3 Å². The Morgan fingerprint density at radius 3 is 2.33 bits per heavy atom. The van der Waals surface area contributed by atoms with Gasteiger partial charge in [0, 0.05) is 6.54 Å². The highest BCUT2D eigenvalue weighted by molar-refractivity contribution is 6.62. The van der Waals surface area contributed by atoms with E-state index in [2.05, 4.69) is 21.4 Å². The minimum absolute atomic E-state index is 0.100. The van der Waals surface area contributed by atoms with Gasteiger partial charge in [-0.15, -0.1) is 0 Å². The van der Waals surface area contributed by atoms with E-state index >= 15 is 0 Å². The molecule has 2 aliphatic heterocycles. The minimum atomic E-state index is -0.691. The first-order valence-corrected chi connectivity index (χ1v) is 13.8. The standard InChI is InChI=1S/C29H39BN4O5/c1-17(2)24(33-27(36)37-7)26(35)34-16-20(18-8-9-18)14-23(34)25-31-15-22(32-25)19-10-12-21(13-11-19)30-38-28(3,4)29(5,6)39-30/h10-15,17-18,23-24H,8-9,16H2,1-7H3,(H,31,32)(H,33,36)/t23-,24-/m0/s1. The van der Waals surface area contributed by atoms with Crippen molar-refractivity contribution in [3.05, 3.63) is 47.9 Å². The number of amides is 2. The molecule has 3 aliphatic rings. The van der Waals surface area contributed by atoms with Crippen molar-refractivity contribution in [1.82, 2.24) is 20.2 Å². The number of nitrogens with one attached hydrogen (secondary N) is 2. The normalized spacial score (nSPS) is 22.7. The second-order valence-electron chi connectivity index (χ2n) is 12.2. The predicted molar refractivity (Wildman–Crippen MR) is 149 cm³/mol. The molecule has 10 heteroatoms. The molecule has 5 rings (SSSR count). The average molecular weight is 534 g/mol. The van der Waals surface area contributed by atoms with Crippen LogP contribution in [0.15, 0.2) is 42.1 Å². The van der Waals surface area contributed by atoms with Crippen LogP contribution in [0.2, 0.25) is 0 Å². The van der Waals surface area contributed by atoms with Crippen LogP contribution in [0, 0.1) is 11.8 Å². The summed E-state index contributed by atoms with van der Waals surface area (Å²) in [6.07, 6.45) is 5.64. The summed E-state index contributed by atoms with van der Waals surface area (Å²) in [5.74, 6) is 0.979. The third-order valence-corrected chi connectivity index (χ3v) is 8.46. The first-order valence-electron chi connectivity index (χ1n) is 13.8. The van der Waals surface area contributed by atoms with Gasteiger partial charge in [0.25, 0.3) is 0 Å². The maximum atomic E-state index is 13.7. The first kappa shape index (κ1) is 27.5. The molecule has 2 amide bonds. The lowest BCUT2D eigenvalue weighted by atomic mass is 9.79. The Morgan fingerprint density at radius 2 is 1.77 bits per heavy atom. The van der Waals surface area contributed by atoms with Crippen LogP contribution in [0.3, 0.4) is 0 Å². The van der Waals surface area contributed by atoms with Gasteiger partial charge in [-0.05, 0) is 69.0 Å². The Kier molecular flexibility index (Phi) is 7.14. The highest BCUT2D eigenvalue weighted by atomic mass is 16.7. The van der Waals surface area contributed by atoms with Gasteiger partial charge in [-0.3, -0.25) is 4.79 Å². The molecule has 0 unspecified atom stereocenters. The summed E-state index contributed by atoms with van der Waals surface area (Å²) in [6.45, 7) is 12.5. The van der Waals surface area contributed by atoms with Crippen molar-refractivity contribution in [2.24, 2.45) is 11.8 Å². The van der Waals surface area contributed by atoms with Crippen molar-refractivity contribution in [3.63, 3.8) is 0 Å². The van der Waals surface area contributed by atoms with Crippen LogP contribution in [0.25, 0.3) is 11.3 Å². The number of carbonyl (C=O) groups excluding carboxylic acids is 2. The number of alkyl carbamates (subject to hydrolysis) is 1. The van der Waals surface area contributed by atoms with Gasteiger partial charge < -0.3 is 29.2 Å². The van der Waals surface area contributed by atoms with Crippen molar-refractivity contribution < 1.29 is 23.6 Å². The lowest BCUT2D eigenvalue weighted by Gasteiger charge is -2.32. The van der Waals surface area contributed by atoms with Crippen LogP contribution in [0.1, 0.15) is 66.3 Å². The largest absolute Gasteiger partial charge is 0.494 e. The summed E-state index contributed by atoms with van der Waals surface area (Å²) in [5, 5.41) is 2.72. The van der Waals surface area contributed by atoms with Crippen LogP contribution < -0.4 is 10.8 Å². The molecule has 0 spiro atoms. The van der Waals surface area contributed by atoms with E-state index in [9.17, 15) is 9.59 Å². The predicted octanol–water partition coefficient (Wildman–Crippen LogP) is 3.98. The number of aromatic nitrogens is 2. The molecule has 2 N–H and O–H groups in total. The number of nitrogens with zero attached hydrogens (tertiary/aromatic N) is 2. The monoisotopic (exact) mass is 534 g/mol. The molecule has 0 bridgehead atoms. The van der Waals surface area contributed by atoms with E-state index in [-0.39, 0.29) is 17.9 Å². The molecule has 0 radical (unpaired) electrons. The number of hydrogen-bond donors (Lipinski definition) is 2. The zero-order valence-corrected chi connectivity index (χ0v) is 23.9. The molecule has 2 atom stereocenters. The summed E-state index contributed by atoms with van der Waals surface area (Å²) in [5.41, 5.74) is 3.26. The molecule has 39 heavy (non-hydrogen) atoms. The summed E-state index contributed by atoms with van der Waals surface area (Å²) < 4.78 is 17.1. The zero-order valence-electron chi connectivity index (χ0n) is 23.9. The van der Waals surface area contributed by atoms with Gasteiger partial charge in [-0.2, -0.15) is 0 Å². The van der Waals surface area contributed by atoms with E-state index in [1.54, 1.807) is 6.20 Å². The molecule has 2 fully saturated rings. The number of H-pyrrole nitrogens is 1. The second kappa shape index (κ2) is 10.1. The van der Waals surface area contributed by atoms with E-state index in [4.69, 9.17) is 14.0 Å². The Morgan fingerprint density at radius 1 is 1.13 bits per heavy atom. The molecular weight excluding hydrogens is 495 g/mol. The lowest BCUT2D eigenvalue weighted by molar-refractivity contribution is -0.135. The fourth-order valence-electron chi connectivity index (χ4n) is 5.11. The fraction of sp³-hybridized carbons (Fsp3) is 0.552. The van der Waals surface area contributed by atoms with Crippen molar-refractivity contribution in [2.75, 3.05) is 13.7 Å². The van der Waals surface area contributed by atoms with Crippen molar-refractivity contribution in [2.45, 2.75) is 77.7 Å². The number of carbonyl (C=O) groups is 2. The summed E-state index contributed by atoms with van der Waals surface area (Å²) in [4.78, 5) is 35.6. The number of ether oxygens (including phenoxy) is 1. The van der Waals surface area contributed by atoms with Crippen LogP contribution >= 0.6 is 0 Å². The Hall–Kier alpha value is -3.11. The Bertz CT molecular complexity index is 1250. The van der Waals surface area contributed by atoms with Gasteiger partial charge in [0.05, 0.1) is 30.2 Å². The maximum Gasteiger partial charge on any atom is 0.494 e. The van der Waals surface area contributed by atoms with Crippen LogP contribution in [-0.2, 0) is 18.8 Å². The Balaban J connectivity index is 1.36. The highest BCUT2D eigenvalue weighted by Gasteiger charge is 2.51. The molecular formula is C29H39BN4O5. The summed E-state index contributed by atoms with van der Waals surface area (Å²) in [7, 11) is 0.882. The van der Waals surface area contributed by atoms with Gasteiger partial charge in [0.2, 0.25) is 5.91 Å². The fourth-order valence-corrected chi connectivity index (χ4v) is 5.11. The van der Waals surface area contributed by atoms with Crippen LogP contribution in [0.5, 0.6) is 0 Å². The topological polar surface area (TPSA) is 106 Å². The van der Waals surface area contributed by atoms with Crippen molar-refractivity contribution >= 4 is 24.6 Å². The Labute approximate surface area is 230 Å². The van der Waals surface area contributed by atoms with Crippen LogP contribution in [-0.4, -0.2) is 64.9 Å². The molecule has 1 aromatic carbocycles. The molecule has 1 aliphatic carbocycles. The molecule has 9 nitrogen and oxygen atoms in total. The first-order chi connectivity index (χ1) is 18.4. The molecule has 1 saturated carbocycles. The molecule has 1 aromatic heterocycles.